The average molecular weight is 250 g/mol. The second-order valence-electron chi connectivity index (χ2n) is 4.56. The fraction of sp³-hybridized carbons (Fsp3) is 0.500. The zero-order valence-corrected chi connectivity index (χ0v) is 11.1. The van der Waals surface area contributed by atoms with Crippen LogP contribution >= 0.6 is 0 Å². The van der Waals surface area contributed by atoms with Crippen LogP contribution in [0.25, 0.3) is 0 Å². The second kappa shape index (κ2) is 7.13. The van der Waals surface area contributed by atoms with E-state index < -0.39 is 6.10 Å². The summed E-state index contributed by atoms with van der Waals surface area (Å²) < 4.78 is 0. The first kappa shape index (κ1) is 14.7. The average Bonchev–Trinajstić information content (AvgIpc) is 2.34. The molecule has 0 aliphatic carbocycles. The molecule has 0 saturated heterocycles. The Hall–Kier alpha value is -1.39. The smallest absolute Gasteiger partial charge is 0.253 e. The largest absolute Gasteiger partial charge is 0.383 e. The topological polar surface area (TPSA) is 75.3 Å². The molecular weight excluding hydrogens is 228 g/mol. The van der Waals surface area contributed by atoms with Gasteiger partial charge >= 0.3 is 0 Å². The Bertz CT molecular complexity index is 385. The molecule has 0 saturated carbocycles. The van der Waals surface area contributed by atoms with Crippen molar-refractivity contribution in [3.05, 3.63) is 29.3 Å². The Labute approximate surface area is 108 Å². The fourth-order valence-corrected chi connectivity index (χ4v) is 1.83. The van der Waals surface area contributed by atoms with Crippen molar-refractivity contribution in [3.63, 3.8) is 0 Å². The van der Waals surface area contributed by atoms with E-state index in [2.05, 4.69) is 5.32 Å². The Morgan fingerprint density at radius 2 is 1.94 bits per heavy atom. The monoisotopic (exact) mass is 250 g/mol. The molecule has 0 aliphatic heterocycles. The number of carbonyl (C=O) groups excluding carboxylic acids is 1. The molecule has 1 aromatic carbocycles. The molecule has 0 bridgehead atoms. The van der Waals surface area contributed by atoms with Gasteiger partial charge in [-0.1, -0.05) is 18.2 Å². The number of unbranched alkanes of at least 4 members (excludes halogenated alkanes) is 1. The number of benzene rings is 1. The van der Waals surface area contributed by atoms with Crippen molar-refractivity contribution in [1.82, 2.24) is 0 Å². The van der Waals surface area contributed by atoms with Gasteiger partial charge in [-0.15, -0.1) is 0 Å². The van der Waals surface area contributed by atoms with Crippen LogP contribution in [0.3, 0.4) is 0 Å². The van der Waals surface area contributed by atoms with Crippen LogP contribution in [0.1, 0.15) is 30.4 Å². The summed E-state index contributed by atoms with van der Waals surface area (Å²) in [4.78, 5) is 11.8. The molecule has 1 unspecified atom stereocenters. The number of rotatable bonds is 6. The van der Waals surface area contributed by atoms with Crippen molar-refractivity contribution in [2.24, 2.45) is 5.73 Å². The van der Waals surface area contributed by atoms with Crippen LogP contribution in [0.15, 0.2) is 18.2 Å². The number of aryl methyl sites for hydroxylation is 2. The van der Waals surface area contributed by atoms with Crippen LogP contribution in [0, 0.1) is 13.8 Å². The summed E-state index contributed by atoms with van der Waals surface area (Å²) in [6, 6.07) is 5.81. The minimum atomic E-state index is -0.962. The van der Waals surface area contributed by atoms with Gasteiger partial charge in [-0.25, -0.2) is 0 Å². The molecule has 1 aromatic rings. The highest BCUT2D eigenvalue weighted by Crippen LogP contribution is 2.19. The van der Waals surface area contributed by atoms with Gasteiger partial charge in [-0.05, 0) is 50.8 Å². The van der Waals surface area contributed by atoms with E-state index in [1.165, 1.54) is 0 Å². The lowest BCUT2D eigenvalue weighted by molar-refractivity contribution is -0.124. The number of nitrogens with one attached hydrogen (secondary N) is 1. The third-order valence-corrected chi connectivity index (χ3v) is 2.96. The molecule has 4 nitrogen and oxygen atoms in total. The van der Waals surface area contributed by atoms with E-state index >= 15 is 0 Å². The van der Waals surface area contributed by atoms with E-state index in [9.17, 15) is 9.90 Å². The third-order valence-electron chi connectivity index (χ3n) is 2.96. The lowest BCUT2D eigenvalue weighted by atomic mass is 10.1. The Morgan fingerprint density at radius 3 is 2.50 bits per heavy atom. The fourth-order valence-electron chi connectivity index (χ4n) is 1.83. The Morgan fingerprint density at radius 1 is 1.33 bits per heavy atom. The van der Waals surface area contributed by atoms with E-state index in [4.69, 9.17) is 5.73 Å². The zero-order valence-electron chi connectivity index (χ0n) is 11.1. The highest BCUT2D eigenvalue weighted by atomic mass is 16.3. The molecule has 1 amide bonds. The van der Waals surface area contributed by atoms with E-state index in [0.29, 0.717) is 13.0 Å². The summed E-state index contributed by atoms with van der Waals surface area (Å²) in [5.74, 6) is -0.343. The van der Waals surface area contributed by atoms with Crippen LogP contribution in [-0.2, 0) is 4.79 Å². The first-order chi connectivity index (χ1) is 8.56. The number of aliphatic hydroxyl groups excluding tert-OH is 1. The molecule has 4 heteroatoms. The Kier molecular flexibility index (Phi) is 5.82. The molecule has 0 heterocycles. The zero-order chi connectivity index (χ0) is 13.5. The summed E-state index contributed by atoms with van der Waals surface area (Å²) in [7, 11) is 0. The number of aliphatic hydroxyl groups is 1. The molecule has 0 spiro atoms. The highest BCUT2D eigenvalue weighted by molar-refractivity contribution is 5.95. The summed E-state index contributed by atoms with van der Waals surface area (Å²) in [5, 5.41) is 12.5. The summed E-state index contributed by atoms with van der Waals surface area (Å²) in [5.41, 5.74) is 8.16. The number of anilines is 1. The number of carbonyl (C=O) groups is 1. The van der Waals surface area contributed by atoms with E-state index in [1.807, 2.05) is 32.0 Å². The van der Waals surface area contributed by atoms with Gasteiger partial charge in [-0.2, -0.15) is 0 Å². The highest BCUT2D eigenvalue weighted by Gasteiger charge is 2.16. The van der Waals surface area contributed by atoms with Crippen molar-refractivity contribution in [2.75, 3.05) is 11.9 Å². The maximum absolute atomic E-state index is 11.8. The van der Waals surface area contributed by atoms with Crippen molar-refractivity contribution in [1.29, 1.82) is 0 Å². The van der Waals surface area contributed by atoms with Crippen LogP contribution in [0.5, 0.6) is 0 Å². The summed E-state index contributed by atoms with van der Waals surface area (Å²) in [6.45, 7) is 4.46. The van der Waals surface area contributed by atoms with Gasteiger partial charge in [0.1, 0.15) is 6.10 Å². The SMILES string of the molecule is Cc1cccc(C)c1NC(=O)C(O)CCCCN. The quantitative estimate of drug-likeness (QED) is 0.673. The van der Waals surface area contributed by atoms with Crippen molar-refractivity contribution < 1.29 is 9.90 Å². The number of hydrogen-bond acceptors (Lipinski definition) is 3. The molecule has 4 N–H and O–H groups in total. The lowest BCUT2D eigenvalue weighted by Gasteiger charge is -2.14. The van der Waals surface area contributed by atoms with E-state index in [0.717, 1.165) is 29.7 Å². The predicted molar refractivity (Wildman–Crippen MR) is 73.5 cm³/mol. The van der Waals surface area contributed by atoms with Crippen molar-refractivity contribution >= 4 is 11.6 Å². The lowest BCUT2D eigenvalue weighted by Crippen LogP contribution is -2.28. The van der Waals surface area contributed by atoms with Gasteiger partial charge in [0.15, 0.2) is 0 Å². The van der Waals surface area contributed by atoms with Gasteiger partial charge < -0.3 is 16.2 Å². The molecule has 0 aliphatic rings. The molecule has 1 atom stereocenters. The summed E-state index contributed by atoms with van der Waals surface area (Å²) >= 11 is 0. The number of nitrogens with two attached hydrogens (primary N) is 1. The van der Waals surface area contributed by atoms with Gasteiger partial charge in [0.05, 0.1) is 0 Å². The first-order valence-corrected chi connectivity index (χ1v) is 6.31. The van der Waals surface area contributed by atoms with E-state index in [1.54, 1.807) is 0 Å². The van der Waals surface area contributed by atoms with Crippen LogP contribution < -0.4 is 11.1 Å². The number of amides is 1. The second-order valence-corrected chi connectivity index (χ2v) is 4.56. The summed E-state index contributed by atoms with van der Waals surface area (Å²) in [6.07, 6.45) is 1.08. The maximum atomic E-state index is 11.8. The number of para-hydroxylation sites is 1. The molecule has 0 fully saturated rings. The molecule has 18 heavy (non-hydrogen) atoms. The standard InChI is InChI=1S/C14H22N2O2/c1-10-6-5-7-11(2)13(10)16-14(18)12(17)8-3-4-9-15/h5-7,12,17H,3-4,8-9,15H2,1-2H3,(H,16,18). The van der Waals surface area contributed by atoms with Gasteiger partial charge in [0.2, 0.25) is 0 Å². The Balaban J connectivity index is 2.58. The number of hydrogen-bond donors (Lipinski definition) is 3. The first-order valence-electron chi connectivity index (χ1n) is 6.31. The van der Waals surface area contributed by atoms with Crippen LogP contribution in [0.4, 0.5) is 5.69 Å². The van der Waals surface area contributed by atoms with Crippen molar-refractivity contribution in [2.45, 2.75) is 39.2 Å². The maximum Gasteiger partial charge on any atom is 0.253 e. The van der Waals surface area contributed by atoms with Gasteiger partial charge in [0, 0.05) is 5.69 Å². The molecular formula is C14H22N2O2. The normalized spacial score (nSPS) is 12.2. The molecule has 1 rings (SSSR count). The minimum Gasteiger partial charge on any atom is -0.383 e. The van der Waals surface area contributed by atoms with Crippen LogP contribution in [0.2, 0.25) is 0 Å². The van der Waals surface area contributed by atoms with Gasteiger partial charge in [-0.3, -0.25) is 4.79 Å². The molecule has 100 valence electrons. The van der Waals surface area contributed by atoms with E-state index in [-0.39, 0.29) is 5.91 Å². The third kappa shape index (κ3) is 4.13. The molecule has 0 radical (unpaired) electrons. The molecule has 0 aromatic heterocycles. The van der Waals surface area contributed by atoms with Gasteiger partial charge in [0.25, 0.3) is 5.91 Å². The van der Waals surface area contributed by atoms with Crippen molar-refractivity contribution in [3.8, 4) is 0 Å². The van der Waals surface area contributed by atoms with Crippen LogP contribution in [-0.4, -0.2) is 23.7 Å². The minimum absolute atomic E-state index is 0.343. The predicted octanol–water partition coefficient (Wildman–Crippen LogP) is 1.73.